The molecule has 8 aromatic rings. The molecule has 0 N–H and O–H groups in total. The first-order chi connectivity index (χ1) is 24.0. The van der Waals surface area contributed by atoms with Gasteiger partial charge >= 0.3 is 0 Å². The Morgan fingerprint density at radius 1 is 0.347 bits per heavy atom. The lowest BCUT2D eigenvalue weighted by molar-refractivity contribution is 0.794. The molecule has 49 heavy (non-hydrogen) atoms. The topological polar surface area (TPSA) is 0 Å². The largest absolute Gasteiger partial charge is 0.223 e. The molecule has 0 atom stereocenters. The van der Waals surface area contributed by atoms with E-state index in [4.69, 9.17) is 0 Å². The predicted octanol–water partition coefficient (Wildman–Crippen LogP) is 12.7. The van der Waals surface area contributed by atoms with Crippen molar-refractivity contribution in [3.05, 3.63) is 186 Å². The monoisotopic (exact) mass is 644 g/mol. The second-order valence-electron chi connectivity index (χ2n) is 14.3. The van der Waals surface area contributed by atoms with Crippen molar-refractivity contribution in [3.63, 3.8) is 0 Å². The molecule has 1 heteroatoms. The van der Waals surface area contributed by atoms with Crippen LogP contribution in [-0.2, 0) is 5.41 Å². The number of fused-ring (bicyclic) bond motifs is 12. The van der Waals surface area contributed by atoms with E-state index in [0.717, 1.165) is 0 Å². The van der Waals surface area contributed by atoms with Crippen LogP contribution in [0.2, 0.25) is 0 Å². The standard InChI is InChI=1S/C48H36S/c1-49(2,3)33-27-24-31(25-28-33)46-38-17-4-6-19-40(38)47(41-20-7-5-18-39(41)46)32-26-29-37-36-16-10-13-23-44(36)48(45(37)30-32)42-21-11-8-14-34(42)35-15-9-12-22-43(35)48/h4-30H,1-3H3. The smallest absolute Gasteiger partial charge is 0.0725 e. The molecule has 234 valence electrons. The molecule has 0 radical (unpaired) electrons. The van der Waals surface area contributed by atoms with Gasteiger partial charge in [-0.15, -0.1) is 0 Å². The van der Waals surface area contributed by atoms with Crippen LogP contribution in [0.15, 0.2) is 169 Å². The van der Waals surface area contributed by atoms with Crippen molar-refractivity contribution < 1.29 is 0 Å². The minimum absolute atomic E-state index is 0.364. The zero-order valence-corrected chi connectivity index (χ0v) is 28.8. The SMILES string of the molecule is CS(C)(C)c1ccc(-c2c3ccccc3c(-c3ccc4c(c3)C3(c5ccccc5-c5ccccc53)c3ccccc3-4)c3ccccc23)cc1. The van der Waals surface area contributed by atoms with Crippen LogP contribution in [-0.4, -0.2) is 18.8 Å². The van der Waals surface area contributed by atoms with Gasteiger partial charge in [-0.25, -0.2) is 10.0 Å². The highest BCUT2D eigenvalue weighted by Crippen LogP contribution is 2.63. The molecule has 0 nitrogen and oxygen atoms in total. The third-order valence-corrected chi connectivity index (χ3v) is 12.8. The number of hydrogen-bond donors (Lipinski definition) is 0. The molecule has 0 amide bonds. The first-order valence-corrected chi connectivity index (χ1v) is 20.0. The quantitative estimate of drug-likeness (QED) is 0.168. The summed E-state index contributed by atoms with van der Waals surface area (Å²) < 4.78 is 0. The minimum Gasteiger partial charge on any atom is -0.223 e. The fourth-order valence-electron chi connectivity index (χ4n) is 9.03. The van der Waals surface area contributed by atoms with Crippen molar-refractivity contribution in [2.24, 2.45) is 0 Å². The van der Waals surface area contributed by atoms with E-state index in [1.807, 2.05) is 0 Å². The van der Waals surface area contributed by atoms with Gasteiger partial charge < -0.3 is 0 Å². The van der Waals surface area contributed by atoms with Gasteiger partial charge in [0.15, 0.2) is 0 Å². The molecule has 0 aromatic heterocycles. The van der Waals surface area contributed by atoms with Gasteiger partial charge in [0.05, 0.1) is 5.41 Å². The van der Waals surface area contributed by atoms with Gasteiger partial charge in [-0.3, -0.25) is 0 Å². The van der Waals surface area contributed by atoms with E-state index in [-0.39, 0.29) is 5.41 Å². The fraction of sp³-hybridized carbons (Fsp3) is 0.0833. The molecule has 0 bridgehead atoms. The molecule has 0 fully saturated rings. The molecule has 10 rings (SSSR count). The Kier molecular flexibility index (Phi) is 6.03. The average Bonchev–Trinajstić information content (AvgIpc) is 3.60. The molecular weight excluding hydrogens is 609 g/mol. The van der Waals surface area contributed by atoms with Gasteiger partial charge in [-0.05, 0) is 130 Å². The van der Waals surface area contributed by atoms with Gasteiger partial charge in [-0.2, -0.15) is 0 Å². The van der Waals surface area contributed by atoms with Crippen LogP contribution in [0.3, 0.4) is 0 Å². The van der Waals surface area contributed by atoms with Crippen LogP contribution in [0, 0.1) is 0 Å². The lowest BCUT2D eigenvalue weighted by Crippen LogP contribution is -2.25. The van der Waals surface area contributed by atoms with E-state index < -0.39 is 10.0 Å². The summed E-state index contributed by atoms with van der Waals surface area (Å²) in [6, 6.07) is 62.0. The Morgan fingerprint density at radius 3 is 1.16 bits per heavy atom. The summed E-state index contributed by atoms with van der Waals surface area (Å²) in [6.45, 7) is 0. The molecule has 0 saturated heterocycles. The molecule has 1 spiro atoms. The summed E-state index contributed by atoms with van der Waals surface area (Å²) in [5.41, 5.74) is 15.6. The molecule has 2 aliphatic rings. The van der Waals surface area contributed by atoms with E-state index in [0.29, 0.717) is 0 Å². The molecule has 0 heterocycles. The summed E-state index contributed by atoms with van der Waals surface area (Å²) >= 11 is 0. The molecule has 8 aromatic carbocycles. The van der Waals surface area contributed by atoms with Gasteiger partial charge in [0, 0.05) is 0 Å². The van der Waals surface area contributed by atoms with Crippen molar-refractivity contribution in [2.45, 2.75) is 10.3 Å². The lowest BCUT2D eigenvalue weighted by Gasteiger charge is -2.31. The zero-order chi connectivity index (χ0) is 32.9. The van der Waals surface area contributed by atoms with Crippen molar-refractivity contribution in [3.8, 4) is 44.5 Å². The molecule has 0 unspecified atom stereocenters. The molecular formula is C48H36S. The zero-order valence-electron chi connectivity index (χ0n) is 28.0. The summed E-state index contributed by atoms with van der Waals surface area (Å²) in [7, 11) is -0.801. The second-order valence-corrected chi connectivity index (χ2v) is 18.5. The third kappa shape index (κ3) is 3.88. The van der Waals surface area contributed by atoms with Gasteiger partial charge in [-0.1, -0.05) is 146 Å². The van der Waals surface area contributed by atoms with Crippen LogP contribution in [0.1, 0.15) is 22.3 Å². The Bertz CT molecular complexity index is 2510. The molecule has 2 aliphatic carbocycles. The van der Waals surface area contributed by atoms with E-state index in [1.54, 1.807) is 0 Å². The van der Waals surface area contributed by atoms with E-state index >= 15 is 0 Å². The van der Waals surface area contributed by atoms with Gasteiger partial charge in [0.25, 0.3) is 0 Å². The Hall–Kier alpha value is -5.37. The Labute approximate surface area is 290 Å². The van der Waals surface area contributed by atoms with E-state index in [9.17, 15) is 0 Å². The van der Waals surface area contributed by atoms with E-state index in [2.05, 4.69) is 183 Å². The van der Waals surface area contributed by atoms with Crippen LogP contribution in [0.25, 0.3) is 66.1 Å². The van der Waals surface area contributed by atoms with Crippen LogP contribution < -0.4 is 0 Å². The maximum atomic E-state index is 2.53. The maximum absolute atomic E-state index is 2.53. The van der Waals surface area contributed by atoms with Crippen LogP contribution in [0.5, 0.6) is 0 Å². The number of hydrogen-bond acceptors (Lipinski definition) is 0. The minimum atomic E-state index is -0.801. The first kappa shape index (κ1) is 28.6. The summed E-state index contributed by atoms with van der Waals surface area (Å²) in [5, 5.41) is 5.17. The lowest BCUT2D eigenvalue weighted by atomic mass is 9.70. The van der Waals surface area contributed by atoms with Crippen molar-refractivity contribution in [1.29, 1.82) is 0 Å². The van der Waals surface area contributed by atoms with Gasteiger partial charge in [0.1, 0.15) is 0 Å². The average molecular weight is 645 g/mol. The van der Waals surface area contributed by atoms with E-state index in [1.165, 1.54) is 93.2 Å². The number of rotatable bonds is 3. The van der Waals surface area contributed by atoms with Crippen LogP contribution >= 0.6 is 10.0 Å². The Morgan fingerprint density at radius 2 is 0.714 bits per heavy atom. The number of benzene rings is 8. The normalized spacial score (nSPS) is 14.1. The maximum Gasteiger partial charge on any atom is 0.0725 e. The van der Waals surface area contributed by atoms with Gasteiger partial charge in [0.2, 0.25) is 0 Å². The summed E-state index contributed by atoms with van der Waals surface area (Å²) in [4.78, 5) is 1.43. The Balaban J connectivity index is 1.28. The van der Waals surface area contributed by atoms with Crippen LogP contribution in [0.4, 0.5) is 0 Å². The van der Waals surface area contributed by atoms with Crippen molar-refractivity contribution in [1.82, 2.24) is 0 Å². The predicted molar refractivity (Wildman–Crippen MR) is 212 cm³/mol. The third-order valence-electron chi connectivity index (χ3n) is 11.1. The highest BCUT2D eigenvalue weighted by molar-refractivity contribution is 8.32. The van der Waals surface area contributed by atoms with Crippen molar-refractivity contribution in [2.75, 3.05) is 18.8 Å². The highest BCUT2D eigenvalue weighted by Gasteiger charge is 2.51. The molecule has 0 aliphatic heterocycles. The molecule has 0 saturated carbocycles. The summed E-state index contributed by atoms with van der Waals surface area (Å²) in [5.74, 6) is 0. The second kappa shape index (κ2) is 10.3. The van der Waals surface area contributed by atoms with Crippen molar-refractivity contribution >= 4 is 31.6 Å². The fourth-order valence-corrected chi connectivity index (χ4v) is 9.98. The highest BCUT2D eigenvalue weighted by atomic mass is 32.3. The summed E-state index contributed by atoms with van der Waals surface area (Å²) in [6.07, 6.45) is 7.09. The first-order valence-electron chi connectivity index (χ1n) is 17.1.